The molecule has 0 saturated carbocycles. The van der Waals surface area contributed by atoms with Crippen molar-refractivity contribution in [1.82, 2.24) is 5.32 Å². The zero-order valence-electron chi connectivity index (χ0n) is 11.1. The molecule has 1 rings (SSSR count). The van der Waals surface area contributed by atoms with Crippen molar-refractivity contribution >= 4 is 5.91 Å². The van der Waals surface area contributed by atoms with Gasteiger partial charge >= 0.3 is 0 Å². The van der Waals surface area contributed by atoms with E-state index in [0.29, 0.717) is 32.0 Å². The maximum Gasteiger partial charge on any atom is 0.221 e. The fraction of sp³-hybridized carbons (Fsp3) is 0.500. The molecule has 0 unspecified atom stereocenters. The first-order valence-corrected chi connectivity index (χ1v) is 6.33. The molecule has 100 valence electrons. The van der Waals surface area contributed by atoms with Crippen LogP contribution in [-0.2, 0) is 4.79 Å². The average molecular weight is 250 g/mol. The van der Waals surface area contributed by atoms with Gasteiger partial charge in [0.05, 0.1) is 6.54 Å². The van der Waals surface area contributed by atoms with Crippen molar-refractivity contribution in [1.29, 1.82) is 0 Å². The van der Waals surface area contributed by atoms with Crippen molar-refractivity contribution in [3.8, 4) is 5.75 Å². The first-order chi connectivity index (χ1) is 8.63. The van der Waals surface area contributed by atoms with Crippen LogP contribution in [0.25, 0.3) is 0 Å². The quantitative estimate of drug-likeness (QED) is 0.723. The van der Waals surface area contributed by atoms with E-state index in [4.69, 9.17) is 10.5 Å². The van der Waals surface area contributed by atoms with E-state index in [9.17, 15) is 4.79 Å². The van der Waals surface area contributed by atoms with E-state index in [0.717, 1.165) is 5.75 Å². The lowest BCUT2D eigenvalue weighted by atomic mass is 10.0. The van der Waals surface area contributed by atoms with Gasteiger partial charge in [-0.05, 0) is 23.6 Å². The lowest BCUT2D eigenvalue weighted by molar-refractivity contribution is -0.120. The van der Waals surface area contributed by atoms with Gasteiger partial charge in [-0.25, -0.2) is 0 Å². The molecule has 4 nitrogen and oxygen atoms in total. The van der Waals surface area contributed by atoms with Crippen LogP contribution in [0.3, 0.4) is 0 Å². The van der Waals surface area contributed by atoms with Crippen LogP contribution in [0.1, 0.15) is 31.7 Å². The molecular formula is C14H22N2O2. The summed E-state index contributed by atoms with van der Waals surface area (Å²) in [4.78, 5) is 11.1. The standard InChI is InChI=1S/C14H22N2O2/c1-11(2)12-3-5-13(6-4-12)18-10-9-16-14(17)7-8-15/h3-6,11H,7-10,15H2,1-2H3,(H,16,17). The number of hydrogen-bond acceptors (Lipinski definition) is 3. The Balaban J connectivity index is 2.25. The molecular weight excluding hydrogens is 228 g/mol. The number of hydrogen-bond donors (Lipinski definition) is 2. The summed E-state index contributed by atoms with van der Waals surface area (Å²) in [6.07, 6.45) is 0.364. The average Bonchev–Trinajstić information content (AvgIpc) is 2.35. The van der Waals surface area contributed by atoms with E-state index >= 15 is 0 Å². The predicted molar refractivity (Wildman–Crippen MR) is 72.7 cm³/mol. The first kappa shape index (κ1) is 14.5. The van der Waals surface area contributed by atoms with Crippen molar-refractivity contribution in [2.24, 2.45) is 5.73 Å². The van der Waals surface area contributed by atoms with Gasteiger partial charge in [0.2, 0.25) is 5.91 Å². The van der Waals surface area contributed by atoms with E-state index in [-0.39, 0.29) is 5.91 Å². The molecule has 1 aromatic carbocycles. The van der Waals surface area contributed by atoms with Crippen LogP contribution < -0.4 is 15.8 Å². The highest BCUT2D eigenvalue weighted by atomic mass is 16.5. The maximum atomic E-state index is 11.1. The molecule has 0 aromatic heterocycles. The Kier molecular flexibility index (Phi) is 6.22. The molecule has 0 radical (unpaired) electrons. The topological polar surface area (TPSA) is 64.3 Å². The van der Waals surface area contributed by atoms with Gasteiger partial charge in [0, 0.05) is 13.0 Å². The van der Waals surface area contributed by atoms with Gasteiger partial charge in [0.25, 0.3) is 0 Å². The van der Waals surface area contributed by atoms with E-state index in [1.54, 1.807) is 0 Å². The van der Waals surface area contributed by atoms with E-state index in [2.05, 4.69) is 31.3 Å². The third-order valence-corrected chi connectivity index (χ3v) is 2.61. The third-order valence-electron chi connectivity index (χ3n) is 2.61. The van der Waals surface area contributed by atoms with Crippen molar-refractivity contribution in [2.75, 3.05) is 19.7 Å². The Labute approximate surface area is 109 Å². The van der Waals surface area contributed by atoms with E-state index in [1.807, 2.05) is 12.1 Å². The molecule has 0 bridgehead atoms. The van der Waals surface area contributed by atoms with Gasteiger partial charge in [0.15, 0.2) is 0 Å². The second-order valence-corrected chi connectivity index (χ2v) is 4.46. The molecule has 0 aliphatic rings. The van der Waals surface area contributed by atoms with Crippen molar-refractivity contribution in [2.45, 2.75) is 26.2 Å². The van der Waals surface area contributed by atoms with Crippen molar-refractivity contribution in [3.63, 3.8) is 0 Å². The number of ether oxygens (including phenoxy) is 1. The maximum absolute atomic E-state index is 11.1. The Bertz CT molecular complexity index is 361. The first-order valence-electron chi connectivity index (χ1n) is 6.33. The molecule has 4 heteroatoms. The van der Waals surface area contributed by atoms with Crippen LogP contribution in [0.2, 0.25) is 0 Å². The molecule has 0 fully saturated rings. The zero-order chi connectivity index (χ0) is 13.4. The summed E-state index contributed by atoms with van der Waals surface area (Å²) in [5, 5.41) is 2.74. The van der Waals surface area contributed by atoms with Crippen LogP contribution in [0.5, 0.6) is 5.75 Å². The second-order valence-electron chi connectivity index (χ2n) is 4.46. The molecule has 1 aromatic rings. The summed E-state index contributed by atoms with van der Waals surface area (Å²) in [6.45, 7) is 5.66. The number of rotatable bonds is 7. The van der Waals surface area contributed by atoms with E-state index < -0.39 is 0 Å². The number of amides is 1. The molecule has 3 N–H and O–H groups in total. The van der Waals surface area contributed by atoms with Gasteiger partial charge in [-0.15, -0.1) is 0 Å². The molecule has 0 heterocycles. The summed E-state index contributed by atoms with van der Waals surface area (Å²) in [6, 6.07) is 8.04. The molecule has 0 saturated heterocycles. The largest absolute Gasteiger partial charge is 0.492 e. The number of nitrogens with two attached hydrogens (primary N) is 1. The summed E-state index contributed by atoms with van der Waals surface area (Å²) in [5.74, 6) is 1.32. The molecule has 18 heavy (non-hydrogen) atoms. The van der Waals surface area contributed by atoms with Gasteiger partial charge in [0.1, 0.15) is 12.4 Å². The molecule has 1 amide bonds. The minimum atomic E-state index is -0.0312. The Morgan fingerprint density at radius 2 is 2.00 bits per heavy atom. The lowest BCUT2D eigenvalue weighted by Gasteiger charge is -2.09. The predicted octanol–water partition coefficient (Wildman–Crippen LogP) is 1.65. The highest BCUT2D eigenvalue weighted by molar-refractivity contribution is 5.75. The van der Waals surface area contributed by atoms with Crippen LogP contribution in [0, 0.1) is 0 Å². The Morgan fingerprint density at radius 1 is 1.33 bits per heavy atom. The van der Waals surface area contributed by atoms with Crippen molar-refractivity contribution < 1.29 is 9.53 Å². The minimum absolute atomic E-state index is 0.0312. The van der Waals surface area contributed by atoms with Crippen LogP contribution in [0.4, 0.5) is 0 Å². The van der Waals surface area contributed by atoms with Gasteiger partial charge in [-0.3, -0.25) is 4.79 Å². The molecule has 0 aliphatic heterocycles. The number of carbonyl (C=O) groups excluding carboxylic acids is 1. The number of benzene rings is 1. The normalized spacial score (nSPS) is 10.4. The number of nitrogens with one attached hydrogen (secondary N) is 1. The SMILES string of the molecule is CC(C)c1ccc(OCCNC(=O)CCN)cc1. The minimum Gasteiger partial charge on any atom is -0.492 e. The fourth-order valence-corrected chi connectivity index (χ4v) is 1.53. The monoisotopic (exact) mass is 250 g/mol. The smallest absolute Gasteiger partial charge is 0.221 e. The van der Waals surface area contributed by atoms with Crippen LogP contribution >= 0.6 is 0 Å². The van der Waals surface area contributed by atoms with Gasteiger partial charge in [-0.2, -0.15) is 0 Å². The molecule has 0 spiro atoms. The number of carbonyl (C=O) groups is 1. The Morgan fingerprint density at radius 3 is 2.56 bits per heavy atom. The van der Waals surface area contributed by atoms with Crippen molar-refractivity contribution in [3.05, 3.63) is 29.8 Å². The second kappa shape index (κ2) is 7.71. The van der Waals surface area contributed by atoms with E-state index in [1.165, 1.54) is 5.56 Å². The highest BCUT2D eigenvalue weighted by Gasteiger charge is 2.00. The lowest BCUT2D eigenvalue weighted by Crippen LogP contribution is -2.29. The van der Waals surface area contributed by atoms with Crippen LogP contribution in [-0.4, -0.2) is 25.6 Å². The van der Waals surface area contributed by atoms with Crippen LogP contribution in [0.15, 0.2) is 24.3 Å². The fourth-order valence-electron chi connectivity index (χ4n) is 1.53. The molecule has 0 aliphatic carbocycles. The summed E-state index contributed by atoms with van der Waals surface area (Å²) >= 11 is 0. The van der Waals surface area contributed by atoms with Gasteiger partial charge in [-0.1, -0.05) is 26.0 Å². The summed E-state index contributed by atoms with van der Waals surface area (Å²) < 4.78 is 5.52. The van der Waals surface area contributed by atoms with Gasteiger partial charge < -0.3 is 15.8 Å². The Hall–Kier alpha value is -1.55. The highest BCUT2D eigenvalue weighted by Crippen LogP contribution is 2.18. The third kappa shape index (κ3) is 5.19. The summed E-state index contributed by atoms with van der Waals surface area (Å²) in [5.41, 5.74) is 6.56. The molecule has 0 atom stereocenters. The zero-order valence-corrected chi connectivity index (χ0v) is 11.1. The summed E-state index contributed by atoms with van der Waals surface area (Å²) in [7, 11) is 0.